The van der Waals surface area contributed by atoms with Crippen LogP contribution in [0, 0.1) is 0 Å². The Morgan fingerprint density at radius 2 is 2.19 bits per heavy atom. The Bertz CT molecular complexity index is 348. The largest absolute Gasteiger partial charge is 0.338 e. The molecule has 0 atom stereocenters. The molecule has 1 aromatic rings. The third-order valence-corrected chi connectivity index (χ3v) is 2.45. The van der Waals surface area contributed by atoms with Gasteiger partial charge < -0.3 is 10.3 Å². The van der Waals surface area contributed by atoms with E-state index in [1.54, 1.807) is 6.20 Å². The molecule has 0 aromatic carbocycles. The number of nitrogens with zero attached hydrogens (tertiary/aromatic N) is 2. The number of aryl methyl sites for hydroxylation is 1. The van der Waals surface area contributed by atoms with Gasteiger partial charge in [0.2, 0.25) is 0 Å². The van der Waals surface area contributed by atoms with Crippen LogP contribution >= 0.6 is 0 Å². The fourth-order valence-corrected chi connectivity index (χ4v) is 1.47. The summed E-state index contributed by atoms with van der Waals surface area (Å²) in [7, 11) is -3.77. The molecule has 1 rings (SSSR count). The highest BCUT2D eigenvalue weighted by Gasteiger charge is 2.00. The van der Waals surface area contributed by atoms with E-state index in [0.717, 1.165) is 6.54 Å². The van der Waals surface area contributed by atoms with E-state index in [2.05, 4.69) is 16.5 Å². The van der Waals surface area contributed by atoms with E-state index >= 15 is 0 Å². The Morgan fingerprint density at radius 3 is 2.50 bits per heavy atom. The Kier molecular flexibility index (Phi) is 7.78. The second-order valence-electron chi connectivity index (χ2n) is 3.23. The number of hydrogen-bond donors (Lipinski definition) is 2. The smallest absolute Gasteiger partial charge is 0.264 e. The van der Waals surface area contributed by atoms with Crippen molar-refractivity contribution in [3.8, 4) is 0 Å². The number of aromatic nitrogens is 2. The Balaban J connectivity index is 0.000000281. The molecule has 1 aromatic heterocycles. The third-order valence-electron chi connectivity index (χ3n) is 1.65. The average molecular weight is 249 g/mol. The van der Waals surface area contributed by atoms with Gasteiger partial charge in [-0.1, -0.05) is 6.92 Å². The first-order valence-corrected chi connectivity index (χ1v) is 6.71. The van der Waals surface area contributed by atoms with Gasteiger partial charge in [-0.05, 0) is 19.4 Å². The SMILES string of the molecule is CCCn1ccnc1.NCCCS(=O)(=O)O. The minimum atomic E-state index is -3.77. The molecular formula is C9H19N3O3S. The molecule has 0 aliphatic heterocycles. The quantitative estimate of drug-likeness (QED) is 0.741. The zero-order valence-electron chi connectivity index (χ0n) is 9.41. The molecule has 0 unspecified atom stereocenters. The van der Waals surface area contributed by atoms with E-state index in [1.807, 2.05) is 12.5 Å². The lowest BCUT2D eigenvalue weighted by molar-refractivity contribution is 0.481. The number of rotatable bonds is 5. The van der Waals surface area contributed by atoms with Crippen LogP contribution in [0.4, 0.5) is 0 Å². The average Bonchev–Trinajstić information content (AvgIpc) is 2.68. The molecule has 0 saturated carbocycles. The Labute approximate surface area is 96.2 Å². The van der Waals surface area contributed by atoms with Crippen LogP contribution in [0.5, 0.6) is 0 Å². The molecule has 6 nitrogen and oxygen atoms in total. The topological polar surface area (TPSA) is 98.2 Å². The molecule has 0 amide bonds. The Morgan fingerprint density at radius 1 is 1.50 bits per heavy atom. The van der Waals surface area contributed by atoms with Gasteiger partial charge in [0, 0.05) is 18.9 Å². The summed E-state index contributed by atoms with van der Waals surface area (Å²) in [5.41, 5.74) is 4.96. The molecule has 0 spiro atoms. The highest BCUT2D eigenvalue weighted by molar-refractivity contribution is 7.85. The van der Waals surface area contributed by atoms with Crippen molar-refractivity contribution in [3.63, 3.8) is 0 Å². The van der Waals surface area contributed by atoms with E-state index in [4.69, 9.17) is 10.3 Å². The first-order valence-electron chi connectivity index (χ1n) is 5.10. The van der Waals surface area contributed by atoms with Gasteiger partial charge in [-0.25, -0.2) is 4.98 Å². The molecule has 94 valence electrons. The van der Waals surface area contributed by atoms with Gasteiger partial charge >= 0.3 is 0 Å². The van der Waals surface area contributed by atoms with Crippen LogP contribution in [0.15, 0.2) is 18.7 Å². The minimum absolute atomic E-state index is 0.233. The molecule has 0 aliphatic rings. The lowest BCUT2D eigenvalue weighted by atomic mass is 10.5. The maximum absolute atomic E-state index is 9.89. The summed E-state index contributed by atoms with van der Waals surface area (Å²) in [6.45, 7) is 3.53. The molecule has 0 bridgehead atoms. The van der Waals surface area contributed by atoms with Gasteiger partial charge in [-0.3, -0.25) is 4.55 Å². The molecule has 0 saturated heterocycles. The lowest BCUT2D eigenvalue weighted by Crippen LogP contribution is -2.09. The van der Waals surface area contributed by atoms with Crippen molar-refractivity contribution in [2.75, 3.05) is 12.3 Å². The van der Waals surface area contributed by atoms with Gasteiger partial charge in [0.05, 0.1) is 12.1 Å². The molecular weight excluding hydrogens is 230 g/mol. The monoisotopic (exact) mass is 249 g/mol. The van der Waals surface area contributed by atoms with Crippen molar-refractivity contribution in [1.82, 2.24) is 9.55 Å². The molecule has 0 radical (unpaired) electrons. The summed E-state index contributed by atoms with van der Waals surface area (Å²) in [5.74, 6) is -0.233. The fourth-order valence-electron chi connectivity index (χ4n) is 0.943. The number of hydrogen-bond acceptors (Lipinski definition) is 4. The van der Waals surface area contributed by atoms with E-state index in [1.165, 1.54) is 6.42 Å². The summed E-state index contributed by atoms with van der Waals surface area (Å²) in [6.07, 6.45) is 7.11. The van der Waals surface area contributed by atoms with Gasteiger partial charge in [-0.2, -0.15) is 8.42 Å². The third kappa shape index (κ3) is 9.63. The van der Waals surface area contributed by atoms with Gasteiger partial charge in [0.25, 0.3) is 10.1 Å². The second-order valence-corrected chi connectivity index (χ2v) is 4.80. The molecule has 1 heterocycles. The zero-order chi connectivity index (χ0) is 12.4. The molecule has 16 heavy (non-hydrogen) atoms. The van der Waals surface area contributed by atoms with Crippen LogP contribution in [0.2, 0.25) is 0 Å². The fraction of sp³-hybridized carbons (Fsp3) is 0.667. The molecule has 7 heteroatoms. The van der Waals surface area contributed by atoms with Gasteiger partial charge in [0.15, 0.2) is 0 Å². The highest BCUT2D eigenvalue weighted by atomic mass is 32.2. The van der Waals surface area contributed by atoms with Crippen molar-refractivity contribution >= 4 is 10.1 Å². The van der Waals surface area contributed by atoms with Gasteiger partial charge in [-0.15, -0.1) is 0 Å². The Hall–Kier alpha value is -0.920. The van der Waals surface area contributed by atoms with E-state index in [0.29, 0.717) is 13.0 Å². The van der Waals surface area contributed by atoms with Crippen LogP contribution in [-0.2, 0) is 16.7 Å². The number of imidazole rings is 1. The first kappa shape index (κ1) is 15.1. The highest BCUT2D eigenvalue weighted by Crippen LogP contribution is 1.87. The summed E-state index contributed by atoms with van der Waals surface area (Å²) >= 11 is 0. The van der Waals surface area contributed by atoms with Crippen molar-refractivity contribution in [2.45, 2.75) is 26.3 Å². The summed E-state index contributed by atoms with van der Waals surface area (Å²) in [5, 5.41) is 0. The maximum Gasteiger partial charge on any atom is 0.264 e. The molecule has 3 N–H and O–H groups in total. The van der Waals surface area contributed by atoms with Crippen molar-refractivity contribution in [2.24, 2.45) is 5.73 Å². The first-order chi connectivity index (χ1) is 7.49. The van der Waals surface area contributed by atoms with E-state index < -0.39 is 10.1 Å². The molecule has 0 aliphatic carbocycles. The molecule has 0 fully saturated rings. The second kappa shape index (κ2) is 8.26. The normalized spacial score (nSPS) is 10.7. The maximum atomic E-state index is 9.89. The van der Waals surface area contributed by atoms with Crippen molar-refractivity contribution in [1.29, 1.82) is 0 Å². The minimum Gasteiger partial charge on any atom is -0.338 e. The van der Waals surface area contributed by atoms with E-state index in [9.17, 15) is 8.42 Å². The van der Waals surface area contributed by atoms with Crippen LogP contribution in [0.3, 0.4) is 0 Å². The predicted molar refractivity (Wildman–Crippen MR) is 62.6 cm³/mol. The summed E-state index contributed by atoms with van der Waals surface area (Å²) in [6, 6.07) is 0. The number of nitrogens with two attached hydrogens (primary N) is 1. The predicted octanol–water partition coefficient (Wildman–Crippen LogP) is 0.516. The van der Waals surface area contributed by atoms with Crippen LogP contribution in [0.25, 0.3) is 0 Å². The van der Waals surface area contributed by atoms with Crippen LogP contribution < -0.4 is 5.73 Å². The van der Waals surface area contributed by atoms with Crippen LogP contribution in [-0.4, -0.2) is 34.8 Å². The summed E-state index contributed by atoms with van der Waals surface area (Å²) < 4.78 is 29.9. The van der Waals surface area contributed by atoms with E-state index in [-0.39, 0.29) is 5.75 Å². The van der Waals surface area contributed by atoms with Crippen molar-refractivity contribution < 1.29 is 13.0 Å². The standard InChI is InChI=1S/C6H10N2.C3H9NO3S/c1-2-4-8-5-3-7-6-8;4-2-1-3-8(5,6)7/h3,5-6H,2,4H2,1H3;1-4H2,(H,5,6,7). The summed E-state index contributed by atoms with van der Waals surface area (Å²) in [4.78, 5) is 3.90. The van der Waals surface area contributed by atoms with Gasteiger partial charge in [0.1, 0.15) is 0 Å². The zero-order valence-corrected chi connectivity index (χ0v) is 10.2. The van der Waals surface area contributed by atoms with Crippen LogP contribution in [0.1, 0.15) is 19.8 Å². The van der Waals surface area contributed by atoms with Crippen molar-refractivity contribution in [3.05, 3.63) is 18.7 Å². The lowest BCUT2D eigenvalue weighted by Gasteiger charge is -1.93.